The molecular formula is C16H18N2O2. The van der Waals surface area contributed by atoms with Gasteiger partial charge in [-0.05, 0) is 30.4 Å². The third kappa shape index (κ3) is 2.41. The van der Waals surface area contributed by atoms with Gasteiger partial charge in [-0.2, -0.15) is 5.26 Å². The number of nitriles is 1. The van der Waals surface area contributed by atoms with Crippen molar-refractivity contribution in [2.24, 2.45) is 0 Å². The molecule has 1 aromatic rings. The maximum Gasteiger partial charge on any atom is 0.230 e. The summed E-state index contributed by atoms with van der Waals surface area (Å²) in [7, 11) is 0. The fourth-order valence-corrected chi connectivity index (χ4v) is 3.16. The zero-order valence-electron chi connectivity index (χ0n) is 11.4. The molecule has 0 N–H and O–H groups in total. The molecule has 1 fully saturated rings. The van der Waals surface area contributed by atoms with E-state index >= 15 is 0 Å². The van der Waals surface area contributed by atoms with Gasteiger partial charge in [0.1, 0.15) is 0 Å². The van der Waals surface area contributed by atoms with Gasteiger partial charge in [0.05, 0.1) is 25.1 Å². The van der Waals surface area contributed by atoms with Crippen LogP contribution in [0.5, 0.6) is 0 Å². The molecule has 0 bridgehead atoms. The number of rotatable bonds is 1. The van der Waals surface area contributed by atoms with Crippen LogP contribution < -0.4 is 0 Å². The summed E-state index contributed by atoms with van der Waals surface area (Å²) < 4.78 is 5.31. The number of ether oxygens (including phenoxy) is 1. The first-order valence-electron chi connectivity index (χ1n) is 7.17. The summed E-state index contributed by atoms with van der Waals surface area (Å²) in [6.07, 6.45) is 2.54. The van der Waals surface area contributed by atoms with Crippen molar-refractivity contribution in [3.63, 3.8) is 0 Å². The molecule has 0 aromatic heterocycles. The molecule has 0 radical (unpaired) electrons. The van der Waals surface area contributed by atoms with Gasteiger partial charge >= 0.3 is 0 Å². The molecule has 20 heavy (non-hydrogen) atoms. The first-order chi connectivity index (χ1) is 9.79. The van der Waals surface area contributed by atoms with E-state index in [4.69, 9.17) is 10.00 Å². The van der Waals surface area contributed by atoms with E-state index in [1.54, 1.807) is 4.90 Å². The Hall–Kier alpha value is -1.86. The van der Waals surface area contributed by atoms with E-state index in [2.05, 4.69) is 18.2 Å². The van der Waals surface area contributed by atoms with Crippen molar-refractivity contribution in [1.82, 2.24) is 4.90 Å². The minimum atomic E-state index is -0.480. The van der Waals surface area contributed by atoms with Crippen LogP contribution in [0.2, 0.25) is 0 Å². The van der Waals surface area contributed by atoms with Crippen LogP contribution in [0.4, 0.5) is 0 Å². The van der Waals surface area contributed by atoms with Gasteiger partial charge in [0.2, 0.25) is 5.91 Å². The van der Waals surface area contributed by atoms with E-state index in [0.29, 0.717) is 19.7 Å². The molecule has 1 amide bonds. The number of fused-ring (bicyclic) bond motifs is 1. The number of carbonyl (C=O) groups excluding carboxylic acids is 1. The van der Waals surface area contributed by atoms with E-state index in [-0.39, 0.29) is 11.8 Å². The smallest absolute Gasteiger partial charge is 0.230 e. The van der Waals surface area contributed by atoms with Crippen LogP contribution in [0, 0.1) is 11.3 Å². The molecular weight excluding hydrogens is 252 g/mol. The first kappa shape index (κ1) is 13.1. The highest BCUT2D eigenvalue weighted by Crippen LogP contribution is 2.33. The lowest BCUT2D eigenvalue weighted by Crippen LogP contribution is -2.47. The predicted octanol–water partition coefficient (Wildman–Crippen LogP) is 1.86. The van der Waals surface area contributed by atoms with Crippen molar-refractivity contribution in [3.8, 4) is 6.07 Å². The molecule has 3 rings (SSSR count). The monoisotopic (exact) mass is 270 g/mol. The van der Waals surface area contributed by atoms with E-state index in [9.17, 15) is 4.79 Å². The van der Waals surface area contributed by atoms with Gasteiger partial charge in [0.25, 0.3) is 0 Å². The Bertz CT molecular complexity index is 550. The largest absolute Gasteiger partial charge is 0.360 e. The van der Waals surface area contributed by atoms with Crippen LogP contribution in [-0.2, 0) is 16.0 Å². The third-order valence-corrected chi connectivity index (χ3v) is 4.19. The van der Waals surface area contributed by atoms with Gasteiger partial charge in [-0.3, -0.25) is 4.79 Å². The quantitative estimate of drug-likeness (QED) is 0.782. The topological polar surface area (TPSA) is 53.3 Å². The molecule has 104 valence electrons. The standard InChI is InChI=1S/C16H18N2O2/c17-10-13-11-18(8-9-20-13)16(19)15-7-3-5-12-4-1-2-6-14(12)15/h1-2,4,6,13,15H,3,5,7-9,11H2. The van der Waals surface area contributed by atoms with E-state index in [1.807, 2.05) is 12.1 Å². The van der Waals surface area contributed by atoms with E-state index < -0.39 is 6.10 Å². The number of amides is 1. The first-order valence-corrected chi connectivity index (χ1v) is 7.17. The molecule has 1 aliphatic carbocycles. The van der Waals surface area contributed by atoms with Gasteiger partial charge in [-0.15, -0.1) is 0 Å². The van der Waals surface area contributed by atoms with Crippen molar-refractivity contribution in [3.05, 3.63) is 35.4 Å². The average molecular weight is 270 g/mol. The van der Waals surface area contributed by atoms with Crippen molar-refractivity contribution in [2.45, 2.75) is 31.3 Å². The van der Waals surface area contributed by atoms with Crippen LogP contribution in [-0.4, -0.2) is 36.6 Å². The molecule has 4 nitrogen and oxygen atoms in total. The van der Waals surface area contributed by atoms with Crippen molar-refractivity contribution in [1.29, 1.82) is 5.26 Å². The van der Waals surface area contributed by atoms with Crippen LogP contribution in [0.1, 0.15) is 29.9 Å². The highest BCUT2D eigenvalue weighted by Gasteiger charge is 2.32. The highest BCUT2D eigenvalue weighted by atomic mass is 16.5. The Morgan fingerprint density at radius 3 is 3.10 bits per heavy atom. The minimum Gasteiger partial charge on any atom is -0.360 e. The second-order valence-corrected chi connectivity index (χ2v) is 5.42. The molecule has 4 heteroatoms. The van der Waals surface area contributed by atoms with Crippen molar-refractivity contribution in [2.75, 3.05) is 19.7 Å². The van der Waals surface area contributed by atoms with Gasteiger partial charge < -0.3 is 9.64 Å². The molecule has 1 saturated heterocycles. The molecule has 2 unspecified atom stereocenters. The summed E-state index contributed by atoms with van der Waals surface area (Å²) >= 11 is 0. The lowest BCUT2D eigenvalue weighted by atomic mass is 9.82. The Morgan fingerprint density at radius 1 is 1.40 bits per heavy atom. The molecule has 2 aliphatic rings. The summed E-state index contributed by atoms with van der Waals surface area (Å²) in [4.78, 5) is 14.5. The molecule has 0 saturated carbocycles. The number of morpholine rings is 1. The maximum absolute atomic E-state index is 12.7. The van der Waals surface area contributed by atoms with Crippen LogP contribution in [0.25, 0.3) is 0 Å². The molecule has 1 aromatic carbocycles. The summed E-state index contributed by atoms with van der Waals surface area (Å²) in [6, 6.07) is 10.3. The SMILES string of the molecule is N#CC1CN(C(=O)C2CCCc3ccccc32)CCO1. The Kier molecular flexibility index (Phi) is 3.70. The van der Waals surface area contributed by atoms with Crippen LogP contribution in [0.15, 0.2) is 24.3 Å². The van der Waals surface area contributed by atoms with Gasteiger partial charge in [0.15, 0.2) is 6.10 Å². The number of hydrogen-bond donors (Lipinski definition) is 0. The average Bonchev–Trinajstić information content (AvgIpc) is 2.53. The second-order valence-electron chi connectivity index (χ2n) is 5.42. The summed E-state index contributed by atoms with van der Waals surface area (Å²) in [6.45, 7) is 1.45. The fourth-order valence-electron chi connectivity index (χ4n) is 3.16. The molecule has 0 spiro atoms. The van der Waals surface area contributed by atoms with Crippen molar-refractivity contribution >= 4 is 5.91 Å². The second kappa shape index (κ2) is 5.64. The predicted molar refractivity (Wildman–Crippen MR) is 74.1 cm³/mol. The maximum atomic E-state index is 12.7. The Morgan fingerprint density at radius 2 is 2.25 bits per heavy atom. The van der Waals surface area contributed by atoms with Gasteiger partial charge in [-0.25, -0.2) is 0 Å². The molecule has 1 aliphatic heterocycles. The molecule has 2 atom stereocenters. The Labute approximate surface area is 118 Å². The number of hydrogen-bond acceptors (Lipinski definition) is 3. The zero-order valence-corrected chi connectivity index (χ0v) is 11.4. The summed E-state index contributed by atoms with van der Waals surface area (Å²) in [5.41, 5.74) is 2.46. The number of carbonyl (C=O) groups is 1. The van der Waals surface area contributed by atoms with Crippen LogP contribution >= 0.6 is 0 Å². The minimum absolute atomic E-state index is 0.0441. The van der Waals surface area contributed by atoms with Crippen LogP contribution in [0.3, 0.4) is 0 Å². The third-order valence-electron chi connectivity index (χ3n) is 4.19. The number of nitrogens with zero attached hydrogens (tertiary/aromatic N) is 2. The molecule has 1 heterocycles. The number of benzene rings is 1. The fraction of sp³-hybridized carbons (Fsp3) is 0.500. The van der Waals surface area contributed by atoms with Crippen molar-refractivity contribution < 1.29 is 9.53 Å². The highest BCUT2D eigenvalue weighted by molar-refractivity contribution is 5.84. The summed E-state index contributed by atoms with van der Waals surface area (Å²) in [5, 5.41) is 8.95. The Balaban J connectivity index is 1.80. The van der Waals surface area contributed by atoms with Gasteiger partial charge in [-0.1, -0.05) is 24.3 Å². The number of aryl methyl sites for hydroxylation is 1. The zero-order chi connectivity index (χ0) is 13.9. The van der Waals surface area contributed by atoms with E-state index in [1.165, 1.54) is 11.1 Å². The van der Waals surface area contributed by atoms with E-state index in [0.717, 1.165) is 19.3 Å². The normalized spacial score (nSPS) is 25.6. The lowest BCUT2D eigenvalue weighted by Gasteiger charge is -2.34. The lowest BCUT2D eigenvalue weighted by molar-refractivity contribution is -0.139. The van der Waals surface area contributed by atoms with Gasteiger partial charge in [0, 0.05) is 6.54 Å². The summed E-state index contributed by atoms with van der Waals surface area (Å²) in [5.74, 6) is 0.109.